The fraction of sp³-hybridized carbons (Fsp3) is 0.783. The molecule has 0 atom stereocenters. The van der Waals surface area contributed by atoms with Gasteiger partial charge in [0.1, 0.15) is 5.76 Å². The molecule has 0 saturated carbocycles. The molecule has 0 aliphatic heterocycles. The van der Waals surface area contributed by atoms with Crippen LogP contribution in [-0.2, 0) is 25.4 Å². The molecule has 0 aromatic carbocycles. The zero-order valence-corrected chi connectivity index (χ0v) is 17.3. The Hall–Kier alpha value is -1.26. The first-order valence-electron chi connectivity index (χ1n) is 11.2. The van der Waals surface area contributed by atoms with E-state index < -0.39 is 17.4 Å². The molecule has 2 rings (SSSR count). The van der Waals surface area contributed by atoms with Gasteiger partial charge in [-0.05, 0) is 32.1 Å². The molecule has 5 heteroatoms. The highest BCUT2D eigenvalue weighted by Crippen LogP contribution is 2.34. The van der Waals surface area contributed by atoms with Crippen LogP contribution in [0.1, 0.15) is 113 Å². The van der Waals surface area contributed by atoms with E-state index in [1.54, 1.807) is 0 Å². The largest absolute Gasteiger partial charge is 0.456 e. The molecule has 1 aromatic heterocycles. The summed E-state index contributed by atoms with van der Waals surface area (Å²) in [6, 6.07) is 0. The lowest BCUT2D eigenvalue weighted by molar-refractivity contribution is -0.155. The molecule has 28 heavy (non-hydrogen) atoms. The fourth-order valence-corrected chi connectivity index (χ4v) is 4.12. The third-order valence-corrected chi connectivity index (χ3v) is 5.75. The summed E-state index contributed by atoms with van der Waals surface area (Å²) in [5.74, 6) is -0.795. The molecule has 0 fully saturated rings. The maximum atomic E-state index is 13.4. The highest BCUT2D eigenvalue weighted by Gasteiger charge is 2.39. The smallest absolute Gasteiger partial charge is 0.449 e. The fourth-order valence-electron chi connectivity index (χ4n) is 4.12. The van der Waals surface area contributed by atoms with E-state index in [1.165, 1.54) is 44.9 Å². The van der Waals surface area contributed by atoms with Crippen molar-refractivity contribution in [3.63, 3.8) is 0 Å². The second kappa shape index (κ2) is 11.7. The number of alkyl halides is 3. The average Bonchev–Trinajstić information content (AvgIpc) is 2.66. The predicted molar refractivity (Wildman–Crippen MR) is 107 cm³/mol. The van der Waals surface area contributed by atoms with Gasteiger partial charge in [0.25, 0.3) is 0 Å². The Kier molecular flexibility index (Phi) is 9.60. The average molecular weight is 401 g/mol. The molecule has 0 spiro atoms. The first-order valence-corrected chi connectivity index (χ1v) is 11.2. The van der Waals surface area contributed by atoms with Crippen LogP contribution >= 0.6 is 0 Å². The van der Waals surface area contributed by atoms with Gasteiger partial charge >= 0.3 is 6.18 Å². The van der Waals surface area contributed by atoms with Crippen LogP contribution in [0, 0.1) is 0 Å². The minimum atomic E-state index is -4.60. The third-order valence-electron chi connectivity index (χ3n) is 5.75. The lowest BCUT2D eigenvalue weighted by Crippen LogP contribution is -2.25. The van der Waals surface area contributed by atoms with Crippen molar-refractivity contribution in [2.45, 2.75) is 116 Å². The summed E-state index contributed by atoms with van der Waals surface area (Å²) in [6.07, 6.45) is 10.7. The van der Waals surface area contributed by atoms with E-state index in [4.69, 9.17) is 4.42 Å². The van der Waals surface area contributed by atoms with E-state index >= 15 is 0 Å². The molecule has 0 bridgehead atoms. The van der Waals surface area contributed by atoms with Gasteiger partial charge in [-0.15, -0.1) is 0 Å². The predicted octanol–water partition coefficient (Wildman–Crippen LogP) is 7.39. The van der Waals surface area contributed by atoms with Crippen molar-refractivity contribution in [3.05, 3.63) is 32.9 Å². The van der Waals surface area contributed by atoms with E-state index in [0.29, 0.717) is 24.8 Å². The summed E-state index contributed by atoms with van der Waals surface area (Å²) in [5, 5.41) is 0. The summed E-state index contributed by atoms with van der Waals surface area (Å²) < 4.78 is 45.4. The van der Waals surface area contributed by atoms with E-state index in [0.717, 1.165) is 32.1 Å². The van der Waals surface area contributed by atoms with Gasteiger partial charge in [0.15, 0.2) is 5.43 Å². The Labute approximate surface area is 166 Å². The summed E-state index contributed by atoms with van der Waals surface area (Å²) in [4.78, 5) is 12.6. The van der Waals surface area contributed by atoms with Gasteiger partial charge in [-0.2, -0.15) is 13.2 Å². The van der Waals surface area contributed by atoms with Gasteiger partial charge in [-0.3, -0.25) is 4.79 Å². The van der Waals surface area contributed by atoms with Crippen LogP contribution in [0.4, 0.5) is 13.2 Å². The number of aryl methyl sites for hydroxylation is 1. The van der Waals surface area contributed by atoms with Gasteiger partial charge in [0.2, 0.25) is 5.76 Å². The summed E-state index contributed by atoms with van der Waals surface area (Å²) >= 11 is 0. The maximum Gasteiger partial charge on any atom is 0.449 e. The lowest BCUT2D eigenvalue weighted by atomic mass is 9.93. The lowest BCUT2D eigenvalue weighted by Gasteiger charge is -2.19. The van der Waals surface area contributed by atoms with E-state index in [1.807, 2.05) is 0 Å². The minimum absolute atomic E-state index is 0.149. The molecule has 0 saturated heterocycles. The summed E-state index contributed by atoms with van der Waals surface area (Å²) in [5.41, 5.74) is -0.0817. The Morgan fingerprint density at radius 2 is 1.36 bits per heavy atom. The summed E-state index contributed by atoms with van der Waals surface area (Å²) in [6.45, 7) is 2.21. The molecule has 0 radical (unpaired) electrons. The second-order valence-electron chi connectivity index (χ2n) is 8.13. The van der Waals surface area contributed by atoms with Crippen LogP contribution in [0.3, 0.4) is 0 Å². The van der Waals surface area contributed by atoms with Crippen molar-refractivity contribution in [2.75, 3.05) is 0 Å². The molecule has 1 aliphatic rings. The molecule has 160 valence electrons. The zero-order valence-electron chi connectivity index (χ0n) is 17.3. The van der Waals surface area contributed by atoms with Crippen LogP contribution in [0.5, 0.6) is 0 Å². The topological polar surface area (TPSA) is 30.2 Å². The molecule has 0 unspecified atom stereocenters. The van der Waals surface area contributed by atoms with Crippen LogP contribution in [0.2, 0.25) is 0 Å². The van der Waals surface area contributed by atoms with Crippen molar-refractivity contribution in [1.82, 2.24) is 0 Å². The standard InChI is InChI=1S/C23H35F3O2/c1-2-3-4-5-6-7-8-9-10-11-12-16-19-21(27)18-15-13-14-17-20(18)28-22(19)23(24,25)26/h2-17H2,1H3. The van der Waals surface area contributed by atoms with Crippen molar-refractivity contribution in [1.29, 1.82) is 0 Å². The number of rotatable bonds is 12. The Morgan fingerprint density at radius 3 is 1.93 bits per heavy atom. The highest BCUT2D eigenvalue weighted by atomic mass is 19.4. The zero-order chi connectivity index (χ0) is 20.4. The third kappa shape index (κ3) is 6.97. The number of hydrogen-bond acceptors (Lipinski definition) is 2. The van der Waals surface area contributed by atoms with Gasteiger partial charge in [-0.25, -0.2) is 0 Å². The highest BCUT2D eigenvalue weighted by molar-refractivity contribution is 5.31. The number of halogens is 3. The minimum Gasteiger partial charge on any atom is -0.456 e. The van der Waals surface area contributed by atoms with Crippen LogP contribution < -0.4 is 5.43 Å². The molecule has 1 aromatic rings. The molecular formula is C23H35F3O2. The number of unbranched alkanes of at least 4 members (excludes halogenated alkanes) is 10. The number of fused-ring (bicyclic) bond motifs is 1. The van der Waals surface area contributed by atoms with E-state index in [9.17, 15) is 18.0 Å². The van der Waals surface area contributed by atoms with Crippen LogP contribution in [0.25, 0.3) is 0 Å². The molecule has 2 nitrogen and oxygen atoms in total. The normalized spacial score (nSPS) is 14.3. The summed E-state index contributed by atoms with van der Waals surface area (Å²) in [7, 11) is 0. The maximum absolute atomic E-state index is 13.4. The molecule has 0 N–H and O–H groups in total. The molecular weight excluding hydrogens is 365 g/mol. The SMILES string of the molecule is CCCCCCCCCCCCCc1c(C(F)(F)F)oc2c(c1=O)CCCC2. The van der Waals surface area contributed by atoms with Gasteiger partial charge in [-0.1, -0.05) is 71.1 Å². The van der Waals surface area contributed by atoms with Gasteiger partial charge in [0, 0.05) is 17.5 Å². The Bertz CT molecular complexity index is 646. The van der Waals surface area contributed by atoms with Gasteiger partial charge < -0.3 is 4.42 Å². The van der Waals surface area contributed by atoms with E-state index in [-0.39, 0.29) is 17.7 Å². The Balaban J connectivity index is 1.80. The first-order chi connectivity index (χ1) is 13.4. The second-order valence-corrected chi connectivity index (χ2v) is 8.13. The first kappa shape index (κ1) is 23.0. The quantitative estimate of drug-likeness (QED) is 0.342. The van der Waals surface area contributed by atoms with Crippen molar-refractivity contribution >= 4 is 0 Å². The van der Waals surface area contributed by atoms with E-state index in [2.05, 4.69) is 6.92 Å². The molecule has 1 heterocycles. The van der Waals surface area contributed by atoms with Crippen molar-refractivity contribution in [2.24, 2.45) is 0 Å². The van der Waals surface area contributed by atoms with Gasteiger partial charge in [0.05, 0.1) is 0 Å². The van der Waals surface area contributed by atoms with Crippen molar-refractivity contribution < 1.29 is 17.6 Å². The molecule has 1 aliphatic carbocycles. The molecule has 0 amide bonds. The Morgan fingerprint density at radius 1 is 0.821 bits per heavy atom. The van der Waals surface area contributed by atoms with Crippen molar-refractivity contribution in [3.8, 4) is 0 Å². The number of hydrogen-bond donors (Lipinski definition) is 0. The monoisotopic (exact) mass is 400 g/mol. The van der Waals surface area contributed by atoms with Crippen LogP contribution in [-0.4, -0.2) is 0 Å². The van der Waals surface area contributed by atoms with Crippen LogP contribution in [0.15, 0.2) is 9.21 Å².